The number of benzene rings is 2. The molecule has 30 heavy (non-hydrogen) atoms. The number of aromatic nitrogens is 2. The minimum absolute atomic E-state index is 0.0953. The van der Waals surface area contributed by atoms with E-state index in [1.807, 2.05) is 18.2 Å². The number of nitrogens with one attached hydrogen (secondary N) is 3. The summed E-state index contributed by atoms with van der Waals surface area (Å²) in [5.74, 6) is -0.240. The predicted molar refractivity (Wildman–Crippen MR) is 114 cm³/mol. The highest BCUT2D eigenvalue weighted by atomic mass is 16.5. The Labute approximate surface area is 174 Å². The number of rotatable bonds is 6. The van der Waals surface area contributed by atoms with E-state index in [4.69, 9.17) is 4.74 Å². The normalized spacial score (nSPS) is 15.5. The topological polar surface area (TPSA) is 97.3 Å². The summed E-state index contributed by atoms with van der Waals surface area (Å²) < 4.78 is 7.14. The molecule has 0 spiro atoms. The van der Waals surface area contributed by atoms with Gasteiger partial charge < -0.3 is 20.7 Å². The number of ether oxygens (including phenoxy) is 1. The number of hydrogen-bond donors (Lipinski definition) is 3. The van der Waals surface area contributed by atoms with Crippen LogP contribution >= 0.6 is 0 Å². The summed E-state index contributed by atoms with van der Waals surface area (Å²) in [6, 6.07) is 15.7. The van der Waals surface area contributed by atoms with Crippen LogP contribution in [0.5, 0.6) is 0 Å². The highest BCUT2D eigenvalue weighted by Gasteiger charge is 2.16. The first-order valence-corrected chi connectivity index (χ1v) is 9.86. The molecule has 154 valence electrons. The Morgan fingerprint density at radius 3 is 2.50 bits per heavy atom. The Balaban J connectivity index is 1.35. The fourth-order valence-corrected chi connectivity index (χ4v) is 3.30. The monoisotopic (exact) mass is 405 g/mol. The zero-order chi connectivity index (χ0) is 20.8. The van der Waals surface area contributed by atoms with Crippen LogP contribution in [0, 0.1) is 0 Å². The molecule has 1 fully saturated rings. The maximum atomic E-state index is 12.8. The molecule has 0 aliphatic carbocycles. The molecular formula is C22H23N5O3. The van der Waals surface area contributed by atoms with E-state index >= 15 is 0 Å². The molecule has 1 atom stereocenters. The van der Waals surface area contributed by atoms with Gasteiger partial charge in [0.2, 0.25) is 0 Å². The largest absolute Gasteiger partial charge is 0.376 e. The summed E-state index contributed by atoms with van der Waals surface area (Å²) in [5, 5.41) is 12.7. The molecule has 8 heteroatoms. The SMILES string of the molecule is O=C(NCC1CCCO1)Nc1ccc(NC(=O)c2ccccc2-n2cccn2)cc1. The summed E-state index contributed by atoms with van der Waals surface area (Å²) in [5.41, 5.74) is 2.47. The van der Waals surface area contributed by atoms with E-state index < -0.39 is 0 Å². The van der Waals surface area contributed by atoms with Gasteiger partial charge in [-0.15, -0.1) is 0 Å². The lowest BCUT2D eigenvalue weighted by atomic mass is 10.1. The van der Waals surface area contributed by atoms with E-state index in [-0.39, 0.29) is 18.0 Å². The van der Waals surface area contributed by atoms with Crippen LogP contribution < -0.4 is 16.0 Å². The third-order valence-electron chi connectivity index (χ3n) is 4.81. The van der Waals surface area contributed by atoms with Gasteiger partial charge in [-0.05, 0) is 55.3 Å². The summed E-state index contributed by atoms with van der Waals surface area (Å²) in [7, 11) is 0. The van der Waals surface area contributed by atoms with E-state index in [0.717, 1.165) is 19.4 Å². The van der Waals surface area contributed by atoms with Crippen LogP contribution in [0.2, 0.25) is 0 Å². The number of hydrogen-bond acceptors (Lipinski definition) is 4. The van der Waals surface area contributed by atoms with Gasteiger partial charge >= 0.3 is 6.03 Å². The molecule has 0 saturated carbocycles. The van der Waals surface area contributed by atoms with Crippen molar-refractivity contribution in [3.8, 4) is 5.69 Å². The fraction of sp³-hybridized carbons (Fsp3) is 0.227. The number of para-hydroxylation sites is 1. The van der Waals surface area contributed by atoms with Crippen molar-refractivity contribution >= 4 is 23.3 Å². The summed E-state index contributed by atoms with van der Waals surface area (Å²) in [6.45, 7) is 1.25. The highest BCUT2D eigenvalue weighted by Crippen LogP contribution is 2.18. The molecular weight excluding hydrogens is 382 g/mol. The van der Waals surface area contributed by atoms with Crippen molar-refractivity contribution in [1.82, 2.24) is 15.1 Å². The van der Waals surface area contributed by atoms with Gasteiger partial charge in [0.15, 0.2) is 0 Å². The number of anilines is 2. The maximum Gasteiger partial charge on any atom is 0.319 e. The second-order valence-electron chi connectivity index (χ2n) is 6.97. The molecule has 0 bridgehead atoms. The molecule has 0 radical (unpaired) electrons. The molecule has 4 rings (SSSR count). The second kappa shape index (κ2) is 9.23. The van der Waals surface area contributed by atoms with Gasteiger partial charge in [0.1, 0.15) is 0 Å². The molecule has 8 nitrogen and oxygen atoms in total. The zero-order valence-corrected chi connectivity index (χ0v) is 16.4. The van der Waals surface area contributed by atoms with Crippen LogP contribution in [0.3, 0.4) is 0 Å². The minimum atomic E-state index is -0.282. The third kappa shape index (κ3) is 4.84. The number of nitrogens with zero attached hydrogens (tertiary/aromatic N) is 2. The average molecular weight is 405 g/mol. The molecule has 3 amide bonds. The molecule has 1 aliphatic heterocycles. The first kappa shape index (κ1) is 19.7. The van der Waals surface area contributed by atoms with Crippen molar-refractivity contribution in [2.75, 3.05) is 23.8 Å². The van der Waals surface area contributed by atoms with Crippen molar-refractivity contribution in [3.05, 3.63) is 72.6 Å². The summed E-state index contributed by atoms with van der Waals surface area (Å²) in [4.78, 5) is 24.8. The minimum Gasteiger partial charge on any atom is -0.376 e. The first-order valence-electron chi connectivity index (χ1n) is 9.86. The summed E-state index contributed by atoms with van der Waals surface area (Å²) in [6.07, 6.45) is 5.55. The first-order chi connectivity index (χ1) is 14.7. The Kier molecular flexibility index (Phi) is 6.05. The van der Waals surface area contributed by atoms with Crippen molar-refractivity contribution in [2.45, 2.75) is 18.9 Å². The quantitative estimate of drug-likeness (QED) is 0.585. The van der Waals surface area contributed by atoms with Gasteiger partial charge in [0.25, 0.3) is 5.91 Å². The third-order valence-corrected chi connectivity index (χ3v) is 4.81. The molecule has 3 N–H and O–H groups in total. The van der Waals surface area contributed by atoms with E-state index in [1.165, 1.54) is 0 Å². The molecule has 1 aromatic heterocycles. The van der Waals surface area contributed by atoms with Crippen LogP contribution in [0.25, 0.3) is 5.69 Å². The number of amides is 3. The van der Waals surface area contributed by atoms with Gasteiger partial charge in [-0.1, -0.05) is 12.1 Å². The van der Waals surface area contributed by atoms with Gasteiger partial charge in [0.05, 0.1) is 17.4 Å². The summed E-state index contributed by atoms with van der Waals surface area (Å²) >= 11 is 0. The van der Waals surface area contributed by atoms with E-state index in [9.17, 15) is 9.59 Å². The van der Waals surface area contributed by atoms with Crippen molar-refractivity contribution < 1.29 is 14.3 Å². The van der Waals surface area contributed by atoms with Gasteiger partial charge in [0, 0.05) is 36.9 Å². The second-order valence-corrected chi connectivity index (χ2v) is 6.97. The van der Waals surface area contributed by atoms with Crippen LogP contribution in [-0.2, 0) is 4.74 Å². The highest BCUT2D eigenvalue weighted by molar-refractivity contribution is 6.06. The molecule has 2 aromatic carbocycles. The van der Waals surface area contributed by atoms with Crippen LogP contribution in [-0.4, -0.2) is 41.0 Å². The van der Waals surface area contributed by atoms with Gasteiger partial charge in [-0.3, -0.25) is 4.79 Å². The molecule has 2 heterocycles. The van der Waals surface area contributed by atoms with E-state index in [2.05, 4.69) is 21.0 Å². The van der Waals surface area contributed by atoms with Crippen molar-refractivity contribution in [1.29, 1.82) is 0 Å². The maximum absolute atomic E-state index is 12.8. The van der Waals surface area contributed by atoms with Crippen LogP contribution in [0.4, 0.5) is 16.2 Å². The van der Waals surface area contributed by atoms with Gasteiger partial charge in [-0.2, -0.15) is 5.10 Å². The Bertz CT molecular complexity index is 996. The van der Waals surface area contributed by atoms with Crippen molar-refractivity contribution in [2.24, 2.45) is 0 Å². The number of carbonyl (C=O) groups excluding carboxylic acids is 2. The molecule has 3 aromatic rings. The number of carbonyl (C=O) groups is 2. The van der Waals surface area contributed by atoms with Gasteiger partial charge in [-0.25, -0.2) is 9.48 Å². The lowest BCUT2D eigenvalue weighted by Gasteiger charge is -2.12. The van der Waals surface area contributed by atoms with Crippen LogP contribution in [0.1, 0.15) is 23.2 Å². The lowest BCUT2D eigenvalue weighted by Crippen LogP contribution is -2.35. The van der Waals surface area contributed by atoms with E-state index in [1.54, 1.807) is 53.5 Å². The average Bonchev–Trinajstić information content (AvgIpc) is 3.48. The molecule has 1 unspecified atom stereocenters. The molecule has 1 saturated heterocycles. The molecule has 1 aliphatic rings. The Morgan fingerprint density at radius 2 is 1.80 bits per heavy atom. The standard InChI is InChI=1S/C22H23N5O3/c28-21(19-6-1-2-7-20(19)27-13-4-12-24-27)25-16-8-10-17(11-9-16)26-22(29)23-15-18-5-3-14-30-18/h1-2,4,6-13,18H,3,5,14-15H2,(H,25,28)(H2,23,26,29). The smallest absolute Gasteiger partial charge is 0.319 e. The zero-order valence-electron chi connectivity index (χ0n) is 16.4. The van der Waals surface area contributed by atoms with E-state index in [0.29, 0.717) is 29.2 Å². The number of urea groups is 1. The Hall–Kier alpha value is -3.65. The van der Waals surface area contributed by atoms with Crippen molar-refractivity contribution in [3.63, 3.8) is 0 Å². The Morgan fingerprint density at radius 1 is 1.03 bits per heavy atom. The lowest BCUT2D eigenvalue weighted by molar-refractivity contribution is 0.102. The van der Waals surface area contributed by atoms with Crippen LogP contribution in [0.15, 0.2) is 67.0 Å². The fourth-order valence-electron chi connectivity index (χ4n) is 3.30. The predicted octanol–water partition coefficient (Wildman–Crippen LogP) is 3.43.